The van der Waals surface area contributed by atoms with Crippen molar-refractivity contribution in [3.63, 3.8) is 0 Å². The number of nitrogens with zero attached hydrogens (tertiary/aromatic N) is 1. The van der Waals surface area contributed by atoms with Gasteiger partial charge in [-0.1, -0.05) is 122 Å². The molecular formula is C29H49FNO5P. The molecule has 1 unspecified atom stereocenters. The van der Waals surface area contributed by atoms with Gasteiger partial charge in [-0.15, -0.1) is 0 Å². The first-order valence-corrected chi connectivity index (χ1v) is 15.9. The van der Waals surface area contributed by atoms with Gasteiger partial charge in [0, 0.05) is 5.56 Å². The van der Waals surface area contributed by atoms with E-state index in [9.17, 15) is 18.7 Å². The summed E-state index contributed by atoms with van der Waals surface area (Å²) in [6.45, 7) is 2.16. The summed E-state index contributed by atoms with van der Waals surface area (Å²) in [6, 6.07) is 5.99. The van der Waals surface area contributed by atoms with Crippen molar-refractivity contribution in [2.75, 3.05) is 6.61 Å². The Morgan fingerprint density at radius 1 is 0.865 bits per heavy atom. The van der Waals surface area contributed by atoms with E-state index < -0.39 is 19.7 Å². The number of benzene rings is 1. The number of unbranched alkanes of at least 4 members (excludes halogenated alkanes) is 16. The molecule has 0 radical (unpaired) electrons. The lowest BCUT2D eigenvalue weighted by molar-refractivity contribution is 0.0201. The van der Waals surface area contributed by atoms with Crippen molar-refractivity contribution in [3.8, 4) is 6.07 Å². The fraction of sp³-hybridized carbons (Fsp3) is 0.759. The Morgan fingerprint density at radius 2 is 1.35 bits per heavy atom. The van der Waals surface area contributed by atoms with Gasteiger partial charge in [0.25, 0.3) is 0 Å². The molecule has 0 aliphatic rings. The van der Waals surface area contributed by atoms with Gasteiger partial charge in [0.05, 0.1) is 31.0 Å². The maximum atomic E-state index is 14.0. The number of phosphoric acid groups is 1. The quantitative estimate of drug-likeness (QED) is 0.100. The number of hydrogen-bond donors (Lipinski definition) is 2. The molecule has 0 bridgehead atoms. The first-order valence-electron chi connectivity index (χ1n) is 14.4. The van der Waals surface area contributed by atoms with Crippen LogP contribution in [0.1, 0.15) is 134 Å². The minimum absolute atomic E-state index is 0.0383. The van der Waals surface area contributed by atoms with Crippen LogP contribution in [0.2, 0.25) is 0 Å². The van der Waals surface area contributed by atoms with E-state index in [2.05, 4.69) is 6.92 Å². The smallest absolute Gasteiger partial charge is 0.374 e. The van der Waals surface area contributed by atoms with Gasteiger partial charge in [0.2, 0.25) is 0 Å². The van der Waals surface area contributed by atoms with E-state index in [4.69, 9.17) is 14.5 Å². The Bertz CT molecular complexity index is 795. The maximum absolute atomic E-state index is 14.0. The summed E-state index contributed by atoms with van der Waals surface area (Å²) < 4.78 is 35.6. The average molecular weight is 542 g/mol. The Morgan fingerprint density at radius 3 is 1.78 bits per heavy atom. The number of halogens is 1. The molecule has 1 rings (SSSR count). The van der Waals surface area contributed by atoms with Gasteiger partial charge in [-0.2, -0.15) is 5.26 Å². The molecule has 212 valence electrons. The molecule has 0 spiro atoms. The van der Waals surface area contributed by atoms with Crippen molar-refractivity contribution >= 4 is 7.82 Å². The molecular weight excluding hydrogens is 492 g/mol. The van der Waals surface area contributed by atoms with Crippen LogP contribution in [0.3, 0.4) is 0 Å². The Balaban J connectivity index is 2.07. The van der Waals surface area contributed by atoms with Crippen molar-refractivity contribution in [2.45, 2.75) is 135 Å². The number of nitriles is 1. The van der Waals surface area contributed by atoms with E-state index in [0.29, 0.717) is 6.42 Å². The van der Waals surface area contributed by atoms with Crippen molar-refractivity contribution < 1.29 is 28.0 Å². The second kappa shape index (κ2) is 21.6. The predicted molar refractivity (Wildman–Crippen MR) is 146 cm³/mol. The van der Waals surface area contributed by atoms with Crippen LogP contribution < -0.4 is 0 Å². The number of phosphoric ester groups is 1. The van der Waals surface area contributed by atoms with Crippen LogP contribution in [-0.4, -0.2) is 22.5 Å². The van der Waals surface area contributed by atoms with E-state index in [1.165, 1.54) is 102 Å². The fourth-order valence-electron chi connectivity index (χ4n) is 4.49. The second-order valence-corrected chi connectivity index (χ2v) is 11.3. The molecule has 0 fully saturated rings. The van der Waals surface area contributed by atoms with Crippen molar-refractivity contribution in [2.24, 2.45) is 0 Å². The highest BCUT2D eigenvalue weighted by Gasteiger charge is 2.22. The van der Waals surface area contributed by atoms with Gasteiger partial charge < -0.3 is 14.5 Å². The van der Waals surface area contributed by atoms with Crippen LogP contribution >= 0.6 is 7.82 Å². The van der Waals surface area contributed by atoms with Gasteiger partial charge in [0.1, 0.15) is 5.82 Å². The van der Waals surface area contributed by atoms with E-state index in [1.807, 2.05) is 6.07 Å². The molecule has 0 aliphatic carbocycles. The fourth-order valence-corrected chi connectivity index (χ4v) is 5.05. The molecule has 8 heteroatoms. The molecule has 0 amide bonds. The zero-order valence-corrected chi connectivity index (χ0v) is 23.7. The van der Waals surface area contributed by atoms with Crippen LogP contribution in [0.25, 0.3) is 0 Å². The number of ether oxygens (including phenoxy) is 1. The molecule has 2 N–H and O–H groups in total. The topological polar surface area (TPSA) is 99.8 Å². The molecule has 1 aromatic carbocycles. The third-order valence-electron chi connectivity index (χ3n) is 6.66. The van der Waals surface area contributed by atoms with Gasteiger partial charge >= 0.3 is 7.82 Å². The SMILES string of the molecule is CCCCCCCCCCCCCCCCCCCC(COCc1ccc(C#N)cc1F)OP(=O)(O)O. The maximum Gasteiger partial charge on any atom is 0.469 e. The summed E-state index contributed by atoms with van der Waals surface area (Å²) in [5, 5.41) is 8.81. The van der Waals surface area contributed by atoms with Gasteiger partial charge in [-0.3, -0.25) is 4.52 Å². The standard InChI is InChI=1S/C29H49FNO5P/c1-2-3-4-5-6-7-8-9-10-11-12-13-14-15-16-17-18-19-28(36-37(32,33)34)25-35-24-27-21-20-26(23-31)22-29(27)30/h20-22,28H,2-19,24-25H2,1H3,(H2,32,33,34). The van der Waals surface area contributed by atoms with Crippen LogP contribution in [0.5, 0.6) is 0 Å². The third-order valence-corrected chi connectivity index (χ3v) is 7.23. The summed E-state index contributed by atoms with van der Waals surface area (Å²) in [5.41, 5.74) is 0.509. The predicted octanol–water partition coefficient (Wildman–Crippen LogP) is 8.73. The zero-order chi connectivity index (χ0) is 27.2. The van der Waals surface area contributed by atoms with Gasteiger partial charge in [-0.25, -0.2) is 8.96 Å². The van der Waals surface area contributed by atoms with Crippen molar-refractivity contribution in [3.05, 3.63) is 35.1 Å². The highest BCUT2D eigenvalue weighted by molar-refractivity contribution is 7.46. The van der Waals surface area contributed by atoms with Crippen LogP contribution in [0.4, 0.5) is 4.39 Å². The zero-order valence-electron chi connectivity index (χ0n) is 22.8. The Kier molecular flexibility index (Phi) is 19.7. The highest BCUT2D eigenvalue weighted by atomic mass is 31.2. The molecule has 0 aromatic heterocycles. The van der Waals surface area contributed by atoms with E-state index in [-0.39, 0.29) is 24.3 Å². The van der Waals surface area contributed by atoms with Crippen LogP contribution in [0, 0.1) is 17.1 Å². The molecule has 6 nitrogen and oxygen atoms in total. The highest BCUT2D eigenvalue weighted by Crippen LogP contribution is 2.38. The molecule has 1 atom stereocenters. The number of hydrogen-bond acceptors (Lipinski definition) is 4. The molecule has 0 saturated heterocycles. The van der Waals surface area contributed by atoms with E-state index >= 15 is 0 Å². The van der Waals surface area contributed by atoms with Crippen LogP contribution in [0.15, 0.2) is 18.2 Å². The molecule has 0 aliphatic heterocycles. The number of rotatable bonds is 24. The monoisotopic (exact) mass is 541 g/mol. The summed E-state index contributed by atoms with van der Waals surface area (Å²) in [5.74, 6) is -0.542. The van der Waals surface area contributed by atoms with Crippen molar-refractivity contribution in [1.29, 1.82) is 5.26 Å². The molecule has 1 aromatic rings. The molecule has 37 heavy (non-hydrogen) atoms. The van der Waals surface area contributed by atoms with Gasteiger partial charge in [0.15, 0.2) is 0 Å². The normalized spacial score (nSPS) is 12.5. The van der Waals surface area contributed by atoms with E-state index in [0.717, 1.165) is 25.3 Å². The first-order chi connectivity index (χ1) is 17.9. The first kappa shape index (κ1) is 33.7. The summed E-state index contributed by atoms with van der Waals surface area (Å²) >= 11 is 0. The van der Waals surface area contributed by atoms with E-state index in [1.54, 1.807) is 0 Å². The minimum Gasteiger partial charge on any atom is -0.374 e. The summed E-state index contributed by atoms with van der Waals surface area (Å²) in [7, 11) is -4.64. The second-order valence-electron chi connectivity index (χ2n) is 10.1. The van der Waals surface area contributed by atoms with Crippen molar-refractivity contribution in [1.82, 2.24) is 0 Å². The summed E-state index contributed by atoms with van der Waals surface area (Å²) in [4.78, 5) is 18.4. The lowest BCUT2D eigenvalue weighted by atomic mass is 10.0. The lowest BCUT2D eigenvalue weighted by Gasteiger charge is -2.18. The minimum atomic E-state index is -4.64. The molecule has 0 heterocycles. The summed E-state index contributed by atoms with van der Waals surface area (Å²) in [6.07, 6.45) is 21.3. The van der Waals surface area contributed by atoms with Crippen LogP contribution in [-0.2, 0) is 20.4 Å². The third kappa shape index (κ3) is 19.4. The lowest BCUT2D eigenvalue weighted by Crippen LogP contribution is -2.19. The molecule has 0 saturated carbocycles. The Labute approximate surface area is 224 Å². The largest absolute Gasteiger partial charge is 0.469 e. The van der Waals surface area contributed by atoms with Gasteiger partial charge in [-0.05, 0) is 18.6 Å². The Hall–Kier alpha value is -1.29. The average Bonchev–Trinajstić information content (AvgIpc) is 2.85.